The number of carbonyl (C=O) groups excluding carboxylic acids is 3. The van der Waals surface area contributed by atoms with Crippen LogP contribution in [0.5, 0.6) is 0 Å². The number of aromatic nitrogens is 22. The van der Waals surface area contributed by atoms with Crippen LogP contribution in [0.4, 0.5) is 52.9 Å². The molecule has 6 bridgehead atoms. The van der Waals surface area contributed by atoms with Crippen LogP contribution in [0, 0.1) is 0 Å². The zero-order chi connectivity index (χ0) is 93.8. The molecule has 9 fully saturated rings. The number of nitrogens with two attached hydrogens (primary N) is 3. The molecule has 21 heterocycles. The quantitative estimate of drug-likeness (QED) is 0.0606. The molecule has 0 aromatic carbocycles. The third kappa shape index (κ3) is 18.9. The summed E-state index contributed by atoms with van der Waals surface area (Å²) in [6.45, 7) is -28.8. The summed E-state index contributed by atoms with van der Waals surface area (Å²) in [5.74, 6) is -1.78. The zero-order valence-corrected chi connectivity index (χ0v) is 76.4. The average molecular weight is 2100 g/mol. The number of alkyl halides is 4. The molecule has 14 N–H and O–H groups in total. The summed E-state index contributed by atoms with van der Waals surface area (Å²) in [6, 6.07) is 0. The summed E-state index contributed by atoms with van der Waals surface area (Å²) >= 11 is 29.9. The van der Waals surface area contributed by atoms with Crippen LogP contribution in [0.1, 0.15) is 101 Å². The van der Waals surface area contributed by atoms with Crippen LogP contribution in [-0.2, 0) is 146 Å². The number of imidazole rings is 2. The highest BCUT2D eigenvalue weighted by atomic mass is 32.7. The van der Waals surface area contributed by atoms with Gasteiger partial charge in [-0.3, -0.25) is 75.5 Å². The fraction of sp³-hybridized carbons (Fsp3) is 0.559. The van der Waals surface area contributed by atoms with Crippen molar-refractivity contribution >= 4 is 216 Å². The van der Waals surface area contributed by atoms with E-state index in [1.165, 1.54) is 23.2 Å². The van der Waals surface area contributed by atoms with Gasteiger partial charge in [-0.15, -0.1) is 20.4 Å². The SMILES string of the molecule is Nc1nc2c(ncn2[C@@H]2O[C@@H]3COP(O)(=S)O[C@H]4[C@H](F)[C@H](n5cnc6c5N=CCC6=O)O[C@@H]4COP(=O)(S)O[C@@H]2[C@@H]3F)c(=O)[nH]1.Nc1nc2c(nnn2[C@@H]2O[C@@H]3COP(O)(=S)O[C@H]4[C@H](F)[C@H](n5nnc6c5N=CCC6=O)O[C@@H]4COP(O)(=S)O[C@@H]2C3)c(=O)[nH]1.Nc1nc2c(nnn2[C@@H]2O[C@@H]3COP(O)(=S)O[C@H]4[C@H](F)[C@H](n5nnc6c5N=CCC6=O)O[C@@H]4COP(O)(=S)O[C@@H]2C3)c(=O)[nH]1. The van der Waals surface area contributed by atoms with Crippen molar-refractivity contribution in [1.82, 2.24) is 109 Å². The Kier molecular flexibility index (Phi) is 25.8. The zero-order valence-electron chi connectivity index (χ0n) is 66.1. The smallest absolute Gasteiger partial charge is 0.369 e. The third-order valence-corrected chi connectivity index (χ3v) is 30.9. The molecule has 714 valence electrons. The molecule has 133 heavy (non-hydrogen) atoms. The van der Waals surface area contributed by atoms with Crippen molar-refractivity contribution in [3.63, 3.8) is 0 Å². The average Bonchev–Trinajstić information content (AvgIpc) is 1.62. The molecule has 9 aromatic heterocycles. The number of aliphatic imine (C=N–C) groups is 3. The van der Waals surface area contributed by atoms with Gasteiger partial charge in [0.1, 0.15) is 61.0 Å². The van der Waals surface area contributed by atoms with E-state index < -0.39 is 219 Å². The first kappa shape index (κ1) is 94.4. The number of Topliss-reactive ketones (excluding diaryl/α,β-unsaturated/α-hetero) is 3. The standard InChI is InChI=1S/C21H22F2N8O10P2S2.2C19H21FN10O10P2S2/c22-10-8-3-36-42(34,44)40-14-9(39-19(11(14)23)30-5-26-12-7(32)1-2-25-16(12)30)4-37-43(35,45)41-15(10)20(38-8)31-6-27-13-17(31)28-21(24)29-18(13)33;2*20-10-13-9(38-18(10)29-14-11(25-27-29)7(31)1-2-22-14)5-36-41(33,43)39-8-3-6(4-35-42(34,44)40-13)37-17(8)30-15-12(26-28-30)16(32)24-19(21)23-15/h2,5-6,8-11,14-15,19-20H,1,3-4H2,(H,34,44)(H,35,45)(H3,24,28,29,33);2*2,6,8-10,13,17-18H,1,3-5H2,(H,33,43)(H,34,44)(H3,21,23,24,32)/t8-,9-,10-,11+,14-,15-,19-,20-,42?,43?;2*6-,8+,9+,10-,13+,17+,18+,41?,42?/m100/s1. The molecule has 0 saturated carbocycles. The Morgan fingerprint density at radius 2 is 0.767 bits per heavy atom. The lowest BCUT2D eigenvalue weighted by Gasteiger charge is -2.27. The van der Waals surface area contributed by atoms with E-state index in [-0.39, 0.29) is 149 Å². The van der Waals surface area contributed by atoms with Gasteiger partial charge in [-0.1, -0.05) is 33.1 Å². The van der Waals surface area contributed by atoms with E-state index >= 15 is 17.6 Å². The van der Waals surface area contributed by atoms with Crippen molar-refractivity contribution in [1.29, 1.82) is 0 Å². The van der Waals surface area contributed by atoms with Crippen molar-refractivity contribution in [2.45, 2.75) is 167 Å². The first-order chi connectivity index (χ1) is 63.1. The maximum absolute atomic E-state index is 16.0. The lowest BCUT2D eigenvalue weighted by molar-refractivity contribution is -0.0653. The van der Waals surface area contributed by atoms with Gasteiger partial charge >= 0.3 is 40.4 Å². The van der Waals surface area contributed by atoms with Gasteiger partial charge in [0.15, 0.2) is 147 Å². The predicted molar refractivity (Wildman–Crippen MR) is 453 cm³/mol. The Morgan fingerprint density at radius 1 is 0.391 bits per heavy atom. The summed E-state index contributed by atoms with van der Waals surface area (Å²) in [4.78, 5) is 167. The van der Waals surface area contributed by atoms with Crippen LogP contribution in [0.15, 0.2) is 42.0 Å². The highest BCUT2D eigenvalue weighted by Crippen LogP contribution is 2.61. The van der Waals surface area contributed by atoms with E-state index in [9.17, 15) is 57.8 Å². The minimum absolute atomic E-state index is 0.00688. The number of aromatic amines is 3. The van der Waals surface area contributed by atoms with Crippen molar-refractivity contribution in [2.24, 2.45) is 15.0 Å². The van der Waals surface area contributed by atoms with Crippen LogP contribution in [0.25, 0.3) is 33.5 Å². The van der Waals surface area contributed by atoms with E-state index in [2.05, 4.69) is 108 Å². The summed E-state index contributed by atoms with van der Waals surface area (Å²) in [5, 5.41) is 30.7. The Balaban J connectivity index is 0.000000129. The molecule has 0 aliphatic carbocycles. The fourth-order valence-corrected chi connectivity index (χ4v) is 24.3. The van der Waals surface area contributed by atoms with Gasteiger partial charge in [0.25, 0.3) is 16.7 Å². The number of nitrogens with one attached hydrogen (secondary N) is 3. The van der Waals surface area contributed by atoms with Crippen molar-refractivity contribution in [2.75, 3.05) is 56.8 Å². The van der Waals surface area contributed by atoms with Crippen LogP contribution < -0.4 is 33.9 Å². The number of hydrogen-bond donors (Lipinski definition) is 12. The van der Waals surface area contributed by atoms with Crippen molar-refractivity contribution in [3.05, 3.63) is 60.8 Å². The Hall–Kier alpha value is -7.55. The number of nitrogen functional groups attached to an aromatic ring is 3. The summed E-state index contributed by atoms with van der Waals surface area (Å²) in [5.41, 5.74) is 14.3. The van der Waals surface area contributed by atoms with E-state index in [0.29, 0.717) is 0 Å². The number of nitrogens with zero attached hydrogens (tertiary/aromatic N) is 22. The molecule has 12 aliphatic heterocycles. The van der Waals surface area contributed by atoms with Crippen molar-refractivity contribution < 1.29 is 144 Å². The summed E-state index contributed by atoms with van der Waals surface area (Å²) in [7, 11) is 0. The number of ketones is 3. The first-order valence-corrected chi connectivity index (χ1v) is 54.3. The lowest BCUT2D eigenvalue weighted by atomic mass is 10.1. The number of halogens is 4. The van der Waals surface area contributed by atoms with Gasteiger partial charge in [-0.05, 0) is 59.0 Å². The van der Waals surface area contributed by atoms with Gasteiger partial charge in [-0.25, -0.2) is 47.1 Å². The molecule has 0 amide bonds. The molecule has 21 rings (SSSR count). The second kappa shape index (κ2) is 36.3. The first-order valence-electron chi connectivity index (χ1n) is 38.6. The van der Waals surface area contributed by atoms with Crippen LogP contribution in [-0.4, -0.2) is 307 Å². The Labute approximate surface area is 764 Å². The van der Waals surface area contributed by atoms with Crippen LogP contribution >= 0.6 is 52.6 Å². The topological polar surface area (TPSA) is 746 Å². The normalized spacial score (nSPS) is 38.1. The lowest BCUT2D eigenvalue weighted by Crippen LogP contribution is -2.34. The van der Waals surface area contributed by atoms with Crippen LogP contribution in [0.2, 0.25) is 0 Å². The summed E-state index contributed by atoms with van der Waals surface area (Å²) in [6.07, 6.45) is -26.4. The second-order valence-corrected chi connectivity index (χ2v) is 46.9. The highest BCUT2D eigenvalue weighted by molar-refractivity contribution is 8.44. The van der Waals surface area contributed by atoms with Gasteiger partial charge in [0.05, 0.1) is 64.5 Å². The van der Waals surface area contributed by atoms with Gasteiger partial charge in [-0.2, -0.15) is 33.7 Å². The molecule has 12 aliphatic rings. The maximum Gasteiger partial charge on any atom is 0.386 e. The van der Waals surface area contributed by atoms with E-state index in [4.69, 9.17) is 159 Å². The minimum atomic E-state index is -4.50. The number of thiol groups is 1. The molecule has 9 aromatic rings. The molecule has 0 radical (unpaired) electrons. The molecule has 74 heteroatoms. The predicted octanol–water partition coefficient (Wildman–Crippen LogP) is 0.332. The molecule has 58 nitrogen and oxygen atoms in total. The van der Waals surface area contributed by atoms with E-state index in [0.717, 1.165) is 35.9 Å². The molecule has 9 saturated heterocycles. The van der Waals surface area contributed by atoms with Crippen LogP contribution in [0.3, 0.4) is 0 Å². The van der Waals surface area contributed by atoms with E-state index in [1.54, 1.807) is 0 Å². The molecule has 6 unspecified atom stereocenters. The van der Waals surface area contributed by atoms with Gasteiger partial charge < -0.3 is 102 Å². The fourth-order valence-electron chi connectivity index (χ4n) is 15.6. The second-order valence-electron chi connectivity index (χ2n) is 30.1. The molecular formula is C59H64F4N28O30P6S6. The molecular weight excluding hydrogens is 2040 g/mol. The maximum atomic E-state index is 16.0. The molecule has 0 spiro atoms. The number of carbonyl (C=O) groups is 3. The number of rotatable bonds is 6. The number of anilines is 3. The molecule has 28 atom stereocenters. The summed E-state index contributed by atoms with van der Waals surface area (Å²) < 4.78 is 185. The van der Waals surface area contributed by atoms with E-state index in [1.807, 2.05) is 0 Å². The monoisotopic (exact) mass is 2100 g/mol. The number of fused-ring (bicyclic) bond motifs is 15. The minimum Gasteiger partial charge on any atom is -0.369 e. The number of H-pyrrole nitrogens is 3. The highest BCUT2D eigenvalue weighted by Gasteiger charge is 2.58. The van der Waals surface area contributed by atoms with Gasteiger partial charge in [0, 0.05) is 50.7 Å². The largest absolute Gasteiger partial charge is 0.386 e. The Morgan fingerprint density at radius 3 is 1.24 bits per heavy atom. The number of ether oxygens (including phenoxy) is 6. The Bertz CT molecular complexity index is 6540. The third-order valence-electron chi connectivity index (χ3n) is 21.4. The van der Waals surface area contributed by atoms with Crippen molar-refractivity contribution in [3.8, 4) is 0 Å². The number of hydrogen-bond acceptors (Lipinski definition) is 49. The van der Waals surface area contributed by atoms with Gasteiger partial charge in [0.2, 0.25) is 17.8 Å².